The van der Waals surface area contributed by atoms with Crippen LogP contribution in [0.25, 0.3) is 22.4 Å². The molecule has 0 bridgehead atoms. The van der Waals surface area contributed by atoms with E-state index >= 15 is 0 Å². The monoisotopic (exact) mass is 468 g/mol. The summed E-state index contributed by atoms with van der Waals surface area (Å²) >= 11 is 1.57. The lowest BCUT2D eigenvalue weighted by Crippen LogP contribution is -2.47. The number of ketones is 1. The molecule has 170 valence electrons. The van der Waals surface area contributed by atoms with Crippen molar-refractivity contribution < 1.29 is 14.3 Å². The van der Waals surface area contributed by atoms with Gasteiger partial charge in [0.1, 0.15) is 5.75 Å². The number of ether oxygens (including phenoxy) is 1. The minimum atomic E-state index is -0.604. The Labute approximate surface area is 202 Å². The van der Waals surface area contributed by atoms with Gasteiger partial charge in [0.15, 0.2) is 11.9 Å². The predicted molar refractivity (Wildman–Crippen MR) is 136 cm³/mol. The highest BCUT2D eigenvalue weighted by molar-refractivity contribution is 7.09. The van der Waals surface area contributed by atoms with E-state index in [1.54, 1.807) is 16.2 Å². The van der Waals surface area contributed by atoms with Crippen LogP contribution < -0.4 is 9.64 Å². The molecule has 1 unspecified atom stereocenters. The van der Waals surface area contributed by atoms with Crippen LogP contribution >= 0.6 is 11.3 Å². The molecule has 34 heavy (non-hydrogen) atoms. The predicted octanol–water partition coefficient (Wildman–Crippen LogP) is 6.17. The Bertz CT molecular complexity index is 1350. The number of Topliss-reactive ketones (excluding diaryl/α,β-unsaturated/α-hetero) is 1. The van der Waals surface area contributed by atoms with E-state index in [9.17, 15) is 9.59 Å². The Morgan fingerprint density at radius 2 is 1.71 bits per heavy atom. The van der Waals surface area contributed by atoms with Crippen LogP contribution in [0.15, 0.2) is 78.2 Å². The van der Waals surface area contributed by atoms with Gasteiger partial charge in [-0.15, -0.1) is 11.3 Å². The maximum atomic E-state index is 13.2. The van der Waals surface area contributed by atoms with Gasteiger partial charge in [-0.25, -0.2) is 4.98 Å². The third kappa shape index (κ3) is 4.24. The smallest absolute Gasteiger partial charge is 0.268 e. The lowest BCUT2D eigenvalue weighted by molar-refractivity contribution is -0.126. The van der Waals surface area contributed by atoms with E-state index in [0.717, 1.165) is 27.4 Å². The average molecular weight is 469 g/mol. The molecule has 1 amide bonds. The Kier molecular flexibility index (Phi) is 5.99. The number of aromatic nitrogens is 1. The number of nitrogens with zero attached hydrogens (tertiary/aromatic N) is 2. The summed E-state index contributed by atoms with van der Waals surface area (Å²) in [4.78, 5) is 32.5. The van der Waals surface area contributed by atoms with Crippen molar-refractivity contribution in [1.29, 1.82) is 0 Å². The molecule has 0 radical (unpaired) electrons. The number of rotatable bonds is 6. The highest BCUT2D eigenvalue weighted by Gasteiger charge is 2.35. The lowest BCUT2D eigenvalue weighted by atomic mass is 10.0. The van der Waals surface area contributed by atoms with Crippen molar-refractivity contribution in [2.75, 3.05) is 11.4 Å². The van der Waals surface area contributed by atoms with Gasteiger partial charge in [0.25, 0.3) is 5.91 Å². The molecule has 6 heteroatoms. The van der Waals surface area contributed by atoms with Crippen LogP contribution in [0.2, 0.25) is 0 Å². The molecule has 5 nitrogen and oxygen atoms in total. The number of carbonyl (C=O) groups is 2. The maximum Gasteiger partial charge on any atom is 0.268 e. The van der Waals surface area contributed by atoms with Crippen molar-refractivity contribution in [2.45, 2.75) is 26.4 Å². The van der Waals surface area contributed by atoms with Gasteiger partial charge in [-0.3, -0.25) is 14.5 Å². The summed E-state index contributed by atoms with van der Waals surface area (Å²) in [6.07, 6.45) is -0.0741. The van der Waals surface area contributed by atoms with Crippen LogP contribution in [0, 0.1) is 6.92 Å². The third-order valence-corrected chi connectivity index (χ3v) is 6.74. The largest absolute Gasteiger partial charge is 0.478 e. The average Bonchev–Trinajstić information content (AvgIpc) is 3.32. The SMILES string of the molecule is CCC1Oc2ccc(-c3csc(C)n3)cc2N(CC(=O)c2ccc(-c3ccccc3)cc2)C1=O. The minimum absolute atomic E-state index is 0.0457. The summed E-state index contributed by atoms with van der Waals surface area (Å²) < 4.78 is 5.95. The van der Waals surface area contributed by atoms with Crippen molar-refractivity contribution in [1.82, 2.24) is 4.98 Å². The minimum Gasteiger partial charge on any atom is -0.478 e. The van der Waals surface area contributed by atoms with Gasteiger partial charge < -0.3 is 4.74 Å². The van der Waals surface area contributed by atoms with Crippen molar-refractivity contribution >= 4 is 28.7 Å². The first-order valence-electron chi connectivity index (χ1n) is 11.3. The molecule has 4 aromatic rings. The Morgan fingerprint density at radius 3 is 2.38 bits per heavy atom. The van der Waals surface area contributed by atoms with Gasteiger partial charge in [-0.1, -0.05) is 61.5 Å². The third-order valence-electron chi connectivity index (χ3n) is 5.96. The van der Waals surface area contributed by atoms with Crippen LogP contribution in [0.5, 0.6) is 5.75 Å². The van der Waals surface area contributed by atoms with Gasteiger partial charge in [0.2, 0.25) is 0 Å². The number of fused-ring (bicyclic) bond motifs is 1. The Morgan fingerprint density at radius 1 is 1.00 bits per heavy atom. The van der Waals surface area contributed by atoms with Gasteiger partial charge in [-0.05, 0) is 42.7 Å². The zero-order valence-corrected chi connectivity index (χ0v) is 19.8. The van der Waals surface area contributed by atoms with E-state index in [-0.39, 0.29) is 18.2 Å². The van der Waals surface area contributed by atoms with Crippen LogP contribution in [0.1, 0.15) is 28.7 Å². The molecule has 0 spiro atoms. The van der Waals surface area contributed by atoms with Gasteiger partial charge >= 0.3 is 0 Å². The fourth-order valence-corrected chi connectivity index (χ4v) is 4.74. The highest BCUT2D eigenvalue weighted by Crippen LogP contribution is 2.38. The van der Waals surface area contributed by atoms with Crippen LogP contribution in [0.4, 0.5) is 5.69 Å². The summed E-state index contributed by atoms with van der Waals surface area (Å²) in [7, 11) is 0. The number of hydrogen-bond donors (Lipinski definition) is 0. The van der Waals surface area contributed by atoms with Crippen molar-refractivity contribution in [3.8, 4) is 28.1 Å². The highest BCUT2D eigenvalue weighted by atomic mass is 32.1. The second kappa shape index (κ2) is 9.23. The molecule has 0 N–H and O–H groups in total. The number of anilines is 1. The molecule has 0 saturated carbocycles. The summed E-state index contributed by atoms with van der Waals surface area (Å²) in [5.41, 5.74) is 5.04. The molecular formula is C28H24N2O3S. The molecule has 3 aromatic carbocycles. The Hall–Kier alpha value is -3.77. The maximum absolute atomic E-state index is 13.2. The molecule has 1 atom stereocenters. The van der Waals surface area contributed by atoms with E-state index in [0.29, 0.717) is 23.4 Å². The van der Waals surface area contributed by atoms with Crippen LogP contribution in [0.3, 0.4) is 0 Å². The molecular weight excluding hydrogens is 444 g/mol. The van der Waals surface area contributed by atoms with Gasteiger partial charge in [-0.2, -0.15) is 0 Å². The van der Waals surface area contributed by atoms with Gasteiger partial charge in [0, 0.05) is 16.5 Å². The number of carbonyl (C=O) groups excluding carboxylic acids is 2. The van der Waals surface area contributed by atoms with E-state index in [1.807, 2.05) is 92.0 Å². The summed E-state index contributed by atoms with van der Waals surface area (Å²) in [6.45, 7) is 3.82. The first kappa shape index (κ1) is 22.0. The normalized spacial score (nSPS) is 15.1. The molecule has 0 saturated heterocycles. The van der Waals surface area contributed by atoms with Crippen molar-refractivity contribution in [3.63, 3.8) is 0 Å². The molecule has 5 rings (SSSR count). The molecule has 2 heterocycles. The van der Waals surface area contributed by atoms with Crippen LogP contribution in [-0.2, 0) is 4.79 Å². The van der Waals surface area contributed by atoms with Crippen LogP contribution in [-0.4, -0.2) is 29.3 Å². The standard InChI is InChI=1S/C28H24N2O3S/c1-3-26-28(32)30(24-15-22(13-14-27(24)33-26)23-17-34-18(2)29-23)16-25(31)21-11-9-20(10-12-21)19-7-5-4-6-8-19/h4-15,17,26H,3,16H2,1-2H3. The molecule has 0 aliphatic carbocycles. The zero-order chi connectivity index (χ0) is 23.7. The molecule has 1 aliphatic heterocycles. The number of aryl methyl sites for hydroxylation is 1. The fourth-order valence-electron chi connectivity index (χ4n) is 4.11. The number of amides is 1. The topological polar surface area (TPSA) is 59.5 Å². The fraction of sp³-hybridized carbons (Fsp3) is 0.179. The van der Waals surface area contributed by atoms with E-state index in [4.69, 9.17) is 4.74 Å². The number of hydrogen-bond acceptors (Lipinski definition) is 5. The second-order valence-electron chi connectivity index (χ2n) is 8.24. The van der Waals surface area contributed by atoms with E-state index in [1.165, 1.54) is 0 Å². The Balaban J connectivity index is 1.44. The van der Waals surface area contributed by atoms with Crippen molar-refractivity contribution in [2.24, 2.45) is 0 Å². The summed E-state index contributed by atoms with van der Waals surface area (Å²) in [5.74, 6) is 0.288. The first-order chi connectivity index (χ1) is 16.5. The van der Waals surface area contributed by atoms with Gasteiger partial charge in [0.05, 0.1) is 22.9 Å². The summed E-state index contributed by atoms with van der Waals surface area (Å²) in [6, 6.07) is 23.2. The first-order valence-corrected chi connectivity index (χ1v) is 12.1. The molecule has 1 aliphatic rings. The number of thiazole rings is 1. The zero-order valence-electron chi connectivity index (χ0n) is 19.0. The molecule has 0 fully saturated rings. The van der Waals surface area contributed by atoms with Crippen molar-refractivity contribution in [3.05, 3.63) is 88.7 Å². The summed E-state index contributed by atoms with van der Waals surface area (Å²) in [5, 5.41) is 2.96. The lowest BCUT2D eigenvalue weighted by Gasteiger charge is -2.34. The second-order valence-corrected chi connectivity index (χ2v) is 9.30. The van der Waals surface area contributed by atoms with E-state index in [2.05, 4.69) is 4.98 Å². The van der Waals surface area contributed by atoms with E-state index < -0.39 is 6.10 Å². The molecule has 1 aromatic heterocycles. The number of benzene rings is 3. The quantitative estimate of drug-likeness (QED) is 0.317.